The number of sulfone groups is 1. The topological polar surface area (TPSA) is 66.4 Å². The van der Waals surface area contributed by atoms with Gasteiger partial charge in [-0.05, 0) is 32.1 Å². The highest BCUT2D eigenvalue weighted by molar-refractivity contribution is 7.91. The van der Waals surface area contributed by atoms with E-state index in [4.69, 9.17) is 0 Å². The molecule has 1 heterocycles. The second-order valence-corrected chi connectivity index (χ2v) is 6.95. The molecule has 88 valence electrons. The van der Waals surface area contributed by atoms with Crippen molar-refractivity contribution in [3.8, 4) is 0 Å². The number of aliphatic hydroxyl groups is 1. The zero-order valence-corrected chi connectivity index (χ0v) is 9.67. The van der Waals surface area contributed by atoms with Crippen LogP contribution >= 0.6 is 0 Å². The van der Waals surface area contributed by atoms with Crippen LogP contribution in [0.1, 0.15) is 32.1 Å². The molecule has 0 aromatic heterocycles. The van der Waals surface area contributed by atoms with Gasteiger partial charge in [0.1, 0.15) is 0 Å². The third kappa shape index (κ3) is 2.92. The van der Waals surface area contributed by atoms with Gasteiger partial charge in [-0.1, -0.05) is 0 Å². The maximum absolute atomic E-state index is 11.4. The molecule has 0 amide bonds. The highest BCUT2D eigenvalue weighted by atomic mass is 32.2. The summed E-state index contributed by atoms with van der Waals surface area (Å²) in [6.07, 6.45) is 4.24. The fourth-order valence-electron chi connectivity index (χ4n) is 2.59. The summed E-state index contributed by atoms with van der Waals surface area (Å²) < 4.78 is 22.8. The lowest BCUT2D eigenvalue weighted by molar-refractivity contribution is 0.143. The predicted molar refractivity (Wildman–Crippen MR) is 58.5 cm³/mol. The molecular formula is C10H19NO3S. The van der Waals surface area contributed by atoms with E-state index in [2.05, 4.69) is 5.32 Å². The van der Waals surface area contributed by atoms with Crippen molar-refractivity contribution in [1.82, 2.24) is 5.32 Å². The van der Waals surface area contributed by atoms with Crippen LogP contribution in [0.4, 0.5) is 0 Å². The van der Waals surface area contributed by atoms with Crippen molar-refractivity contribution in [2.24, 2.45) is 0 Å². The van der Waals surface area contributed by atoms with Crippen molar-refractivity contribution >= 4 is 9.84 Å². The molecule has 0 radical (unpaired) electrons. The Morgan fingerprint density at radius 2 is 1.93 bits per heavy atom. The molecule has 0 bridgehead atoms. The monoisotopic (exact) mass is 233 g/mol. The second-order valence-electron chi connectivity index (χ2n) is 4.72. The van der Waals surface area contributed by atoms with Crippen LogP contribution in [0, 0.1) is 0 Å². The molecule has 0 aromatic carbocycles. The Labute approximate surface area is 91.0 Å². The van der Waals surface area contributed by atoms with Gasteiger partial charge in [0, 0.05) is 12.1 Å². The van der Waals surface area contributed by atoms with Crippen molar-refractivity contribution in [1.29, 1.82) is 0 Å². The van der Waals surface area contributed by atoms with Gasteiger partial charge in [0.25, 0.3) is 0 Å². The molecule has 1 saturated carbocycles. The van der Waals surface area contributed by atoms with E-state index < -0.39 is 9.84 Å². The summed E-state index contributed by atoms with van der Waals surface area (Å²) in [7, 11) is -2.84. The van der Waals surface area contributed by atoms with Gasteiger partial charge in [-0.15, -0.1) is 0 Å². The molecule has 2 fully saturated rings. The largest absolute Gasteiger partial charge is 0.392 e. The van der Waals surface area contributed by atoms with Crippen LogP contribution in [-0.4, -0.2) is 43.2 Å². The van der Waals surface area contributed by atoms with Crippen LogP contribution in [0.15, 0.2) is 0 Å². The number of aliphatic hydroxyl groups excluding tert-OH is 1. The van der Waals surface area contributed by atoms with Gasteiger partial charge in [0.2, 0.25) is 0 Å². The average Bonchev–Trinajstić information content (AvgIpc) is 2.50. The fraction of sp³-hybridized carbons (Fsp3) is 1.00. The maximum atomic E-state index is 11.4. The Morgan fingerprint density at radius 1 is 1.13 bits per heavy atom. The summed E-state index contributed by atoms with van der Waals surface area (Å²) in [4.78, 5) is 0. The molecule has 2 rings (SSSR count). The normalized spacial score (nSPS) is 40.5. The van der Waals surface area contributed by atoms with E-state index in [1.807, 2.05) is 0 Å². The van der Waals surface area contributed by atoms with Crippen molar-refractivity contribution in [3.63, 3.8) is 0 Å². The van der Waals surface area contributed by atoms with Crippen LogP contribution in [0.3, 0.4) is 0 Å². The number of rotatable bonds is 2. The zero-order chi connectivity index (χ0) is 10.9. The maximum Gasteiger partial charge on any atom is 0.151 e. The molecule has 15 heavy (non-hydrogen) atoms. The first kappa shape index (κ1) is 11.4. The molecule has 2 aliphatic rings. The molecule has 3 atom stereocenters. The van der Waals surface area contributed by atoms with Gasteiger partial charge in [-0.3, -0.25) is 0 Å². The molecular weight excluding hydrogens is 214 g/mol. The number of hydrogen-bond donors (Lipinski definition) is 2. The summed E-state index contributed by atoms with van der Waals surface area (Å²) in [5.41, 5.74) is 0. The minimum atomic E-state index is -2.84. The van der Waals surface area contributed by atoms with Crippen molar-refractivity contribution in [3.05, 3.63) is 0 Å². The summed E-state index contributed by atoms with van der Waals surface area (Å²) in [5, 5.41) is 12.9. The molecule has 0 spiro atoms. The first-order chi connectivity index (χ1) is 7.07. The predicted octanol–water partition coefficient (Wildman–Crippen LogP) is 0.0666. The Kier molecular flexibility index (Phi) is 3.33. The minimum Gasteiger partial charge on any atom is -0.392 e. The molecule has 4 nitrogen and oxygen atoms in total. The number of hydrogen-bond acceptors (Lipinski definition) is 4. The standard InChI is InChI=1S/C10H19NO3S/c12-10-5-1-4-9(10)11-8-3-2-6-15(13,14)7-8/h8-12H,1-7H2/t8?,9-,10-/m1/s1. The lowest BCUT2D eigenvalue weighted by Crippen LogP contribution is -2.47. The van der Waals surface area contributed by atoms with E-state index in [-0.39, 0.29) is 23.9 Å². The van der Waals surface area contributed by atoms with E-state index in [0.717, 1.165) is 32.1 Å². The molecule has 2 N–H and O–H groups in total. The first-order valence-corrected chi connectivity index (χ1v) is 7.53. The quantitative estimate of drug-likeness (QED) is 0.708. The van der Waals surface area contributed by atoms with E-state index in [1.165, 1.54) is 0 Å². The Hall–Kier alpha value is -0.130. The van der Waals surface area contributed by atoms with Crippen LogP contribution in [0.5, 0.6) is 0 Å². The summed E-state index contributed by atoms with van der Waals surface area (Å²) >= 11 is 0. The molecule has 1 saturated heterocycles. The van der Waals surface area contributed by atoms with Crippen molar-refractivity contribution < 1.29 is 13.5 Å². The Bertz CT molecular complexity index is 315. The SMILES string of the molecule is O=S1(=O)CCCC(N[C@@H]2CCC[C@H]2O)C1. The molecule has 1 unspecified atom stereocenters. The molecule has 1 aliphatic carbocycles. The van der Waals surface area contributed by atoms with Gasteiger partial charge in [-0.2, -0.15) is 0 Å². The average molecular weight is 233 g/mol. The highest BCUT2D eigenvalue weighted by Gasteiger charge is 2.31. The minimum absolute atomic E-state index is 0.0569. The van der Waals surface area contributed by atoms with Crippen molar-refractivity contribution in [2.75, 3.05) is 11.5 Å². The fourth-order valence-corrected chi connectivity index (χ4v) is 4.24. The third-order valence-electron chi connectivity index (χ3n) is 3.39. The van der Waals surface area contributed by atoms with Gasteiger partial charge in [-0.25, -0.2) is 8.42 Å². The lowest BCUT2D eigenvalue weighted by atomic mass is 10.1. The number of nitrogens with one attached hydrogen (secondary N) is 1. The molecule has 1 aliphatic heterocycles. The van der Waals surface area contributed by atoms with E-state index >= 15 is 0 Å². The van der Waals surface area contributed by atoms with E-state index in [0.29, 0.717) is 5.75 Å². The smallest absolute Gasteiger partial charge is 0.151 e. The van der Waals surface area contributed by atoms with Gasteiger partial charge >= 0.3 is 0 Å². The van der Waals surface area contributed by atoms with Crippen LogP contribution in [0.25, 0.3) is 0 Å². The van der Waals surface area contributed by atoms with Gasteiger partial charge < -0.3 is 10.4 Å². The van der Waals surface area contributed by atoms with E-state index in [1.54, 1.807) is 0 Å². The summed E-state index contributed by atoms with van der Waals surface area (Å²) in [5.74, 6) is 0.578. The highest BCUT2D eigenvalue weighted by Crippen LogP contribution is 2.21. The lowest BCUT2D eigenvalue weighted by Gasteiger charge is -2.27. The zero-order valence-electron chi connectivity index (χ0n) is 8.85. The Morgan fingerprint density at radius 3 is 2.53 bits per heavy atom. The second kappa shape index (κ2) is 4.39. The molecule has 5 heteroatoms. The third-order valence-corrected chi connectivity index (χ3v) is 5.21. The summed E-state index contributed by atoms with van der Waals surface area (Å²) in [6.45, 7) is 0. The molecule has 0 aromatic rings. The van der Waals surface area contributed by atoms with E-state index in [9.17, 15) is 13.5 Å². The van der Waals surface area contributed by atoms with Gasteiger partial charge in [0.05, 0.1) is 17.6 Å². The van der Waals surface area contributed by atoms with Crippen LogP contribution in [-0.2, 0) is 9.84 Å². The summed E-state index contributed by atoms with van der Waals surface area (Å²) in [6, 6.07) is 0.171. The first-order valence-electron chi connectivity index (χ1n) is 5.71. The van der Waals surface area contributed by atoms with Crippen molar-refractivity contribution in [2.45, 2.75) is 50.3 Å². The Balaban J connectivity index is 1.89. The van der Waals surface area contributed by atoms with Crippen LogP contribution in [0.2, 0.25) is 0 Å². The van der Waals surface area contributed by atoms with Gasteiger partial charge in [0.15, 0.2) is 9.84 Å². The van der Waals surface area contributed by atoms with Crippen LogP contribution < -0.4 is 5.32 Å².